The van der Waals surface area contributed by atoms with Crippen molar-refractivity contribution in [3.05, 3.63) is 46.2 Å². The van der Waals surface area contributed by atoms with Gasteiger partial charge in [-0.05, 0) is 12.5 Å². The van der Waals surface area contributed by atoms with Gasteiger partial charge in [0, 0.05) is 6.07 Å². The van der Waals surface area contributed by atoms with Gasteiger partial charge in [-0.2, -0.15) is 0 Å². The summed E-state index contributed by atoms with van der Waals surface area (Å²) in [5, 5.41) is 5.30. The van der Waals surface area contributed by atoms with Crippen LogP contribution in [0.4, 0.5) is 0 Å². The smallest absolute Gasteiger partial charge is 0.264 e. The zero-order valence-corrected chi connectivity index (χ0v) is 7.29. The Morgan fingerprint density at radius 1 is 1.08 bits per heavy atom. The maximum absolute atomic E-state index is 10.8. The fourth-order valence-corrected chi connectivity index (χ4v) is 1.22. The normalized spacial score (nSPS) is 10.2. The van der Waals surface area contributed by atoms with Crippen LogP contribution in [0.3, 0.4) is 0 Å². The van der Waals surface area contributed by atoms with Crippen LogP contribution in [0, 0.1) is 6.92 Å². The summed E-state index contributed by atoms with van der Waals surface area (Å²) in [5.74, 6) is 0. The van der Waals surface area contributed by atoms with Crippen molar-refractivity contribution in [3.63, 3.8) is 0 Å². The van der Waals surface area contributed by atoms with Crippen molar-refractivity contribution in [1.82, 2.24) is 10.2 Å². The van der Waals surface area contributed by atoms with E-state index >= 15 is 0 Å². The van der Waals surface area contributed by atoms with Crippen molar-refractivity contribution in [2.45, 2.75) is 6.92 Å². The van der Waals surface area contributed by atoms with Crippen LogP contribution in [0.2, 0.25) is 0 Å². The summed E-state index contributed by atoms with van der Waals surface area (Å²) in [6.45, 7) is 2.03. The van der Waals surface area contributed by atoms with Crippen LogP contribution in [-0.2, 0) is 0 Å². The molecule has 66 valence electrons. The van der Waals surface area contributed by atoms with Gasteiger partial charge in [0.25, 0.3) is 5.56 Å². The molecule has 13 heavy (non-hydrogen) atoms. The van der Waals surface area contributed by atoms with Crippen molar-refractivity contribution >= 4 is 0 Å². The first-order chi connectivity index (χ1) is 6.25. The second-order valence-corrected chi connectivity index (χ2v) is 3.04. The van der Waals surface area contributed by atoms with Crippen molar-refractivity contribution in [1.29, 1.82) is 0 Å². The molecule has 0 saturated heterocycles. The lowest BCUT2D eigenvalue weighted by Gasteiger charge is -1.96. The van der Waals surface area contributed by atoms with Gasteiger partial charge < -0.3 is 0 Å². The van der Waals surface area contributed by atoms with Crippen molar-refractivity contribution in [2.75, 3.05) is 0 Å². The average molecular weight is 174 g/mol. The van der Waals surface area contributed by atoms with E-state index in [0.717, 1.165) is 11.3 Å². The zero-order valence-electron chi connectivity index (χ0n) is 7.29. The van der Waals surface area contributed by atoms with Crippen LogP contribution in [-0.4, -0.2) is 10.2 Å². The highest BCUT2D eigenvalue weighted by Gasteiger charge is 1.98. The third kappa shape index (κ3) is 1.54. The quantitative estimate of drug-likeness (QED) is 0.678. The number of hydrogen-bond donors (Lipinski definition) is 2. The number of H-pyrrole nitrogens is 2. The molecule has 0 unspecified atom stereocenters. The van der Waals surface area contributed by atoms with E-state index in [4.69, 9.17) is 0 Å². The highest BCUT2D eigenvalue weighted by atomic mass is 16.1. The van der Waals surface area contributed by atoms with Gasteiger partial charge in [-0.3, -0.25) is 15.0 Å². The Morgan fingerprint density at radius 2 is 1.77 bits per heavy atom. The molecule has 0 saturated carbocycles. The largest absolute Gasteiger partial charge is 0.298 e. The van der Waals surface area contributed by atoms with Crippen LogP contribution in [0.5, 0.6) is 0 Å². The van der Waals surface area contributed by atoms with Gasteiger partial charge in [0.2, 0.25) is 0 Å². The molecule has 0 atom stereocenters. The van der Waals surface area contributed by atoms with Crippen molar-refractivity contribution < 1.29 is 0 Å². The van der Waals surface area contributed by atoms with E-state index in [0.29, 0.717) is 0 Å². The van der Waals surface area contributed by atoms with Crippen LogP contribution in [0.1, 0.15) is 5.56 Å². The fourth-order valence-electron chi connectivity index (χ4n) is 1.22. The minimum absolute atomic E-state index is 0.101. The van der Waals surface area contributed by atoms with Crippen LogP contribution >= 0.6 is 0 Å². The van der Waals surface area contributed by atoms with E-state index in [1.54, 1.807) is 6.07 Å². The van der Waals surface area contributed by atoms with Gasteiger partial charge in [0.15, 0.2) is 0 Å². The van der Waals surface area contributed by atoms with Crippen LogP contribution < -0.4 is 5.56 Å². The first-order valence-corrected chi connectivity index (χ1v) is 4.10. The maximum Gasteiger partial charge on any atom is 0.264 e. The van der Waals surface area contributed by atoms with Crippen molar-refractivity contribution in [3.8, 4) is 11.3 Å². The number of benzene rings is 1. The summed E-state index contributed by atoms with van der Waals surface area (Å²) in [4.78, 5) is 10.8. The first-order valence-electron chi connectivity index (χ1n) is 4.10. The Balaban J connectivity index is 2.47. The molecule has 1 heterocycles. The molecule has 0 radical (unpaired) electrons. The summed E-state index contributed by atoms with van der Waals surface area (Å²) in [6.07, 6.45) is 0. The average Bonchev–Trinajstić information content (AvgIpc) is 2.53. The Hall–Kier alpha value is -1.77. The molecule has 2 aromatic rings. The Morgan fingerprint density at radius 3 is 2.31 bits per heavy atom. The Labute approximate surface area is 75.4 Å². The summed E-state index contributed by atoms with van der Waals surface area (Å²) in [5.41, 5.74) is 2.95. The molecule has 0 fully saturated rings. The van der Waals surface area contributed by atoms with Gasteiger partial charge >= 0.3 is 0 Å². The number of rotatable bonds is 1. The lowest BCUT2D eigenvalue weighted by atomic mass is 10.1. The molecule has 0 spiro atoms. The molecule has 0 amide bonds. The second kappa shape index (κ2) is 2.94. The topological polar surface area (TPSA) is 48.6 Å². The van der Waals surface area contributed by atoms with E-state index in [1.807, 2.05) is 31.2 Å². The van der Waals surface area contributed by atoms with Crippen LogP contribution in [0.25, 0.3) is 11.3 Å². The summed E-state index contributed by atoms with van der Waals surface area (Å²) in [6, 6.07) is 9.54. The predicted molar refractivity (Wildman–Crippen MR) is 51.6 cm³/mol. The molecule has 3 heteroatoms. The minimum Gasteiger partial charge on any atom is -0.298 e. The minimum atomic E-state index is -0.101. The molecule has 0 aliphatic carbocycles. The van der Waals surface area contributed by atoms with E-state index < -0.39 is 0 Å². The van der Waals surface area contributed by atoms with Crippen LogP contribution in [0.15, 0.2) is 35.1 Å². The first kappa shape index (κ1) is 7.86. The number of aromatic amines is 2. The fraction of sp³-hybridized carbons (Fsp3) is 0.100. The van der Waals surface area contributed by atoms with Gasteiger partial charge in [-0.15, -0.1) is 0 Å². The summed E-state index contributed by atoms with van der Waals surface area (Å²) >= 11 is 0. The third-order valence-electron chi connectivity index (χ3n) is 1.96. The Bertz CT molecular complexity index is 450. The molecular weight excluding hydrogens is 164 g/mol. The highest BCUT2D eigenvalue weighted by Crippen LogP contribution is 2.14. The molecular formula is C10H10N2O. The molecule has 2 rings (SSSR count). The molecule has 3 nitrogen and oxygen atoms in total. The SMILES string of the molecule is Cc1ccc(-c2cc(=O)[nH][nH]2)cc1. The van der Waals surface area contributed by atoms with Crippen molar-refractivity contribution in [2.24, 2.45) is 0 Å². The number of nitrogens with one attached hydrogen (secondary N) is 2. The monoisotopic (exact) mass is 174 g/mol. The van der Waals surface area contributed by atoms with E-state index in [-0.39, 0.29) is 5.56 Å². The molecule has 0 aliphatic rings. The zero-order chi connectivity index (χ0) is 9.26. The third-order valence-corrected chi connectivity index (χ3v) is 1.96. The Kier molecular flexibility index (Phi) is 1.77. The molecule has 2 N–H and O–H groups in total. The summed E-state index contributed by atoms with van der Waals surface area (Å²) in [7, 11) is 0. The highest BCUT2D eigenvalue weighted by molar-refractivity contribution is 5.58. The van der Waals surface area contributed by atoms with Gasteiger partial charge in [0.05, 0.1) is 5.69 Å². The number of hydrogen-bond acceptors (Lipinski definition) is 1. The molecule has 1 aromatic carbocycles. The van der Waals surface area contributed by atoms with Gasteiger partial charge in [-0.25, -0.2) is 0 Å². The lowest BCUT2D eigenvalue weighted by Crippen LogP contribution is -1.93. The second-order valence-electron chi connectivity index (χ2n) is 3.04. The molecule has 0 aliphatic heterocycles. The van der Waals surface area contributed by atoms with E-state index in [1.165, 1.54) is 5.56 Å². The molecule has 0 bridgehead atoms. The lowest BCUT2D eigenvalue weighted by molar-refractivity contribution is 1.06. The van der Waals surface area contributed by atoms with E-state index in [2.05, 4.69) is 10.2 Å². The predicted octanol–water partition coefficient (Wildman–Crippen LogP) is 1.68. The standard InChI is InChI=1S/C10H10N2O/c1-7-2-4-8(5-3-7)9-6-10(13)12-11-9/h2-6H,1H3,(H2,11,12,13). The summed E-state index contributed by atoms with van der Waals surface area (Å²) < 4.78 is 0. The van der Waals surface area contributed by atoms with Gasteiger partial charge in [0.1, 0.15) is 0 Å². The maximum atomic E-state index is 10.8. The number of aromatic nitrogens is 2. The van der Waals surface area contributed by atoms with Gasteiger partial charge in [-0.1, -0.05) is 29.8 Å². The van der Waals surface area contributed by atoms with E-state index in [9.17, 15) is 4.79 Å². The number of aryl methyl sites for hydroxylation is 1. The molecule has 1 aromatic heterocycles.